The van der Waals surface area contributed by atoms with E-state index in [0.29, 0.717) is 12.1 Å². The van der Waals surface area contributed by atoms with Crippen LogP contribution in [-0.4, -0.2) is 25.5 Å². The Morgan fingerprint density at radius 1 is 0.248 bits per heavy atom. The lowest BCUT2D eigenvalue weighted by Gasteiger charge is -2.50. The first-order valence-corrected chi connectivity index (χ1v) is 43.4. The third kappa shape index (κ3) is 12.2. The average molecular weight is 1550 g/mol. The molecule has 6 aliphatic rings. The highest BCUT2D eigenvalue weighted by Gasteiger charge is 2.50. The van der Waals surface area contributed by atoms with Crippen molar-refractivity contribution < 1.29 is 0 Å². The number of hydrogen-bond acceptors (Lipinski definition) is 5. The second-order valence-electron chi connectivity index (χ2n) is 34.8. The van der Waals surface area contributed by atoms with Crippen LogP contribution in [0.1, 0.15) is 64.9 Å². The Hall–Kier alpha value is -14.1. The molecular weight excluding hydrogens is 1460 g/mol. The van der Waals surface area contributed by atoms with Crippen molar-refractivity contribution in [1.29, 1.82) is 0 Å². The standard InChI is InChI=1S/C114H89B2N5/c1-114(2,3)87-69-102-109-106(70-87)119(111-91(78-43-19-7-20-44-78)63-84(75-37-13-4-14-38-75)64-92(111)79-45-21-8-22-46-79)103-61-33-31-59-97(103)115(109)99-73-100-105(74-101(99)117-102)121(113-95(82-51-27-11-28-52-82)67-86(77-41-17-6-18-42-77)68-96(113)83-53-29-12-30-54-83)108-72-90(118-88-55-35-56-89(118)58-36-57-88)71-107-110(108)116(100)98-60-32-34-62-104(98)120(107)112-93(80-47-23-9-24-48-80)65-85(76-39-15-5-16-40-76)66-94(112)81-49-25-10-26-50-81/h4-34,37-54,59-74,88-89,117H,35-36,55-58H2,1-3H3. The molecule has 6 aliphatic heterocycles. The van der Waals surface area contributed by atoms with Crippen molar-refractivity contribution in [2.75, 3.05) is 24.9 Å². The van der Waals surface area contributed by atoms with Gasteiger partial charge in [-0.25, -0.2) is 0 Å². The Morgan fingerprint density at radius 2 is 0.545 bits per heavy atom. The minimum atomic E-state index is -0.263. The minimum absolute atomic E-state index is 0.211. The molecule has 0 unspecified atom stereocenters. The van der Waals surface area contributed by atoms with Gasteiger partial charge in [-0.2, -0.15) is 0 Å². The number of para-hydroxylation sites is 2. The lowest BCUT2D eigenvalue weighted by Crippen LogP contribution is -2.65. The lowest BCUT2D eigenvalue weighted by molar-refractivity contribution is 0.296. The molecule has 5 nitrogen and oxygen atoms in total. The molecule has 17 aromatic rings. The highest BCUT2D eigenvalue weighted by molar-refractivity contribution is 7.03. The molecule has 1 N–H and O–H groups in total. The van der Waals surface area contributed by atoms with Gasteiger partial charge in [-0.1, -0.05) is 336 Å². The summed E-state index contributed by atoms with van der Waals surface area (Å²) in [5.74, 6) is 0. The predicted molar refractivity (Wildman–Crippen MR) is 515 cm³/mol. The van der Waals surface area contributed by atoms with Crippen LogP contribution in [0, 0.1) is 0 Å². The molecule has 23 rings (SSSR count). The molecule has 0 aromatic heterocycles. The number of fused-ring (bicyclic) bond motifs is 10. The summed E-state index contributed by atoms with van der Waals surface area (Å²) in [5.41, 5.74) is 43.4. The number of benzene rings is 17. The average Bonchev–Trinajstić information content (AvgIpc) is 0.680. The first kappa shape index (κ1) is 72.1. The fraction of sp³-hybridized carbons (Fsp3) is 0.105. The van der Waals surface area contributed by atoms with Gasteiger partial charge in [0.05, 0.1) is 17.1 Å². The van der Waals surface area contributed by atoms with Crippen LogP contribution in [0.3, 0.4) is 0 Å². The fourth-order valence-corrected chi connectivity index (χ4v) is 21.4. The molecule has 17 aromatic carbocycles. The first-order valence-electron chi connectivity index (χ1n) is 43.4. The zero-order chi connectivity index (χ0) is 80.4. The third-order valence-electron chi connectivity index (χ3n) is 26.8. The molecule has 0 amide bonds. The zero-order valence-corrected chi connectivity index (χ0v) is 68.4. The SMILES string of the molecule is CC(C)(C)c1cc2c3c(c1)N(c1c(-c4ccccc4)cc(-c4ccccc4)cc1-c1ccccc1)c1ccccc1B3c1cc3c(cc1N2)N(c1c(-c2ccccc2)cc(-c2ccccc2)cc1-c1ccccc1)c1cc(N2C4CCCC2CCC4)cc2c1B3c1ccccc1N2c1c(-c2ccccc2)cc(-c2ccccc2)cc1-c1ccccc1. The topological polar surface area (TPSA) is 25.0 Å². The van der Waals surface area contributed by atoms with Gasteiger partial charge in [0.15, 0.2) is 0 Å². The number of anilines is 12. The van der Waals surface area contributed by atoms with Crippen LogP contribution in [0.25, 0.3) is 100 Å². The number of hydrogen-bond donors (Lipinski definition) is 1. The quantitative estimate of drug-likeness (QED) is 0.116. The van der Waals surface area contributed by atoms with E-state index in [4.69, 9.17) is 0 Å². The summed E-state index contributed by atoms with van der Waals surface area (Å²) >= 11 is 0. The van der Waals surface area contributed by atoms with Gasteiger partial charge >= 0.3 is 0 Å². The molecule has 0 saturated carbocycles. The second-order valence-corrected chi connectivity index (χ2v) is 34.8. The predicted octanol–water partition coefficient (Wildman–Crippen LogP) is 26.3. The van der Waals surface area contributed by atoms with E-state index in [1.54, 1.807) is 0 Å². The molecular formula is C114H89B2N5. The van der Waals surface area contributed by atoms with E-state index in [2.05, 4.69) is 440 Å². The van der Waals surface area contributed by atoms with Crippen molar-refractivity contribution in [2.45, 2.75) is 76.8 Å². The Morgan fingerprint density at radius 3 is 0.884 bits per heavy atom. The third-order valence-corrected chi connectivity index (χ3v) is 26.8. The maximum absolute atomic E-state index is 4.47. The molecule has 0 spiro atoms. The van der Waals surface area contributed by atoms with Crippen LogP contribution in [0.2, 0.25) is 0 Å². The van der Waals surface area contributed by atoms with Gasteiger partial charge in [0.2, 0.25) is 0 Å². The van der Waals surface area contributed by atoms with Crippen molar-refractivity contribution in [2.24, 2.45) is 0 Å². The molecule has 6 heterocycles. The summed E-state index contributed by atoms with van der Waals surface area (Å²) < 4.78 is 0. The van der Waals surface area contributed by atoms with Crippen LogP contribution in [0.4, 0.5) is 68.2 Å². The van der Waals surface area contributed by atoms with E-state index in [1.165, 1.54) is 144 Å². The maximum Gasteiger partial charge on any atom is 0.252 e. The normalized spacial score (nSPS) is 15.2. The largest absolute Gasteiger partial charge is 0.365 e. The molecule has 2 fully saturated rings. The van der Waals surface area contributed by atoms with Gasteiger partial charge in [0.25, 0.3) is 13.4 Å². The van der Waals surface area contributed by atoms with Crippen molar-refractivity contribution in [1.82, 2.24) is 0 Å². The molecule has 0 aliphatic carbocycles. The van der Waals surface area contributed by atoms with Crippen molar-refractivity contribution in [3.05, 3.63) is 400 Å². The molecule has 0 atom stereocenters. The van der Waals surface area contributed by atoms with Crippen molar-refractivity contribution >= 4 is 114 Å². The van der Waals surface area contributed by atoms with E-state index in [9.17, 15) is 0 Å². The number of piperidine rings is 2. The Labute approximate surface area is 711 Å². The fourth-order valence-electron chi connectivity index (χ4n) is 21.4. The van der Waals surface area contributed by atoms with Crippen LogP contribution in [0.5, 0.6) is 0 Å². The number of nitrogens with zero attached hydrogens (tertiary/aromatic N) is 4. The second kappa shape index (κ2) is 29.4. The van der Waals surface area contributed by atoms with Crippen LogP contribution < -0.4 is 57.7 Å². The van der Waals surface area contributed by atoms with E-state index in [-0.39, 0.29) is 18.8 Å². The lowest BCUT2D eigenvalue weighted by atomic mass is 9.30. The summed E-state index contributed by atoms with van der Waals surface area (Å²) in [6, 6.07) is 151. The molecule has 2 saturated heterocycles. The molecule has 2 bridgehead atoms. The number of rotatable bonds is 13. The van der Waals surface area contributed by atoms with E-state index in [1.807, 2.05) is 0 Å². The summed E-state index contributed by atoms with van der Waals surface area (Å²) in [5, 5.41) is 4.47. The molecule has 7 heteroatoms. The van der Waals surface area contributed by atoms with Crippen LogP contribution in [-0.2, 0) is 5.41 Å². The summed E-state index contributed by atoms with van der Waals surface area (Å²) in [6.45, 7) is 6.67. The summed E-state index contributed by atoms with van der Waals surface area (Å²) in [4.78, 5) is 11.2. The van der Waals surface area contributed by atoms with Gasteiger partial charge in [0, 0.05) is 96.7 Å². The first-order chi connectivity index (χ1) is 59.7. The monoisotopic (exact) mass is 1550 g/mol. The van der Waals surface area contributed by atoms with Crippen LogP contribution in [0.15, 0.2) is 394 Å². The molecule has 121 heavy (non-hydrogen) atoms. The van der Waals surface area contributed by atoms with Crippen molar-refractivity contribution in [3.8, 4) is 100 Å². The van der Waals surface area contributed by atoms with Crippen molar-refractivity contribution in [3.63, 3.8) is 0 Å². The van der Waals surface area contributed by atoms with E-state index < -0.39 is 0 Å². The van der Waals surface area contributed by atoms with Gasteiger partial charge in [-0.05, 0) is 228 Å². The minimum Gasteiger partial charge on any atom is -0.365 e. The van der Waals surface area contributed by atoms with E-state index in [0.717, 1.165) is 101 Å². The van der Waals surface area contributed by atoms with Gasteiger partial charge in [0.1, 0.15) is 0 Å². The van der Waals surface area contributed by atoms with E-state index >= 15 is 0 Å². The maximum atomic E-state index is 4.47. The van der Waals surface area contributed by atoms with Crippen LogP contribution >= 0.6 is 0 Å². The Balaban J connectivity index is 0.853. The highest BCUT2D eigenvalue weighted by Crippen LogP contribution is 2.58. The zero-order valence-electron chi connectivity index (χ0n) is 68.4. The number of nitrogens with one attached hydrogen (secondary N) is 1. The summed E-state index contributed by atoms with van der Waals surface area (Å²) in [7, 11) is 0. The summed E-state index contributed by atoms with van der Waals surface area (Å²) in [6.07, 6.45) is 7.15. The Kier molecular flexibility index (Phi) is 17.5. The van der Waals surface area contributed by atoms with Gasteiger partial charge < -0.3 is 24.9 Å². The van der Waals surface area contributed by atoms with Gasteiger partial charge in [-0.15, -0.1) is 0 Å². The smallest absolute Gasteiger partial charge is 0.252 e. The highest BCUT2D eigenvalue weighted by atomic mass is 15.2. The Bertz CT molecular complexity index is 6660. The molecule has 0 radical (unpaired) electrons. The van der Waals surface area contributed by atoms with Gasteiger partial charge in [-0.3, -0.25) is 0 Å². The molecule has 576 valence electrons.